The standard InChI is InChI=1S/C34H38N2O7/c1-3-10-23-25-17-21-19-36-28(18-26-24(33(36)41)13-16-30(39)34(26,42)4-2)32(21)35-27(25)14-15-29(23)43-31(40)12-9-7-5-6-8-11-22(38)20-37/h3,14-15,17-18,37,42H,1,4-13,16,19-20H2,2H3/t34-/m0/s1. The largest absolute Gasteiger partial charge is 0.426 e. The maximum atomic E-state index is 13.5. The van der Waals surface area contributed by atoms with E-state index in [2.05, 4.69) is 6.58 Å². The predicted octanol–water partition coefficient (Wildman–Crippen LogP) is 4.46. The highest BCUT2D eigenvalue weighted by molar-refractivity contribution is 5.92. The number of rotatable bonds is 13. The Morgan fingerprint density at radius 3 is 2.56 bits per heavy atom. The van der Waals surface area contributed by atoms with E-state index in [0.717, 1.165) is 42.2 Å². The first-order valence-corrected chi connectivity index (χ1v) is 15.1. The van der Waals surface area contributed by atoms with Crippen LogP contribution in [0.4, 0.5) is 0 Å². The Kier molecular flexibility index (Phi) is 9.03. The van der Waals surface area contributed by atoms with Crippen LogP contribution in [0, 0.1) is 0 Å². The van der Waals surface area contributed by atoms with E-state index >= 15 is 0 Å². The first kappa shape index (κ1) is 30.5. The molecule has 0 fully saturated rings. The second-order valence-electron chi connectivity index (χ2n) is 11.5. The SMILES string of the molecule is C=CCc1c(OC(=O)CCCCCCCC(=O)CO)ccc2nc3c(cc12)Cn1c-3cc2c(c1=O)CCC(=O)[C@]2(O)CC. The molecule has 5 rings (SSSR count). The molecule has 3 heterocycles. The number of carbonyl (C=O) groups excluding carboxylic acids is 3. The lowest BCUT2D eigenvalue weighted by molar-refractivity contribution is -0.140. The molecule has 43 heavy (non-hydrogen) atoms. The summed E-state index contributed by atoms with van der Waals surface area (Å²) < 4.78 is 7.46. The quantitative estimate of drug-likeness (QED) is 0.101. The van der Waals surface area contributed by atoms with Crippen LogP contribution in [-0.4, -0.2) is 43.9 Å². The molecule has 3 aromatic rings. The number of fused-ring (bicyclic) bond motifs is 5. The Morgan fingerprint density at radius 2 is 1.84 bits per heavy atom. The molecule has 1 aromatic carbocycles. The van der Waals surface area contributed by atoms with Gasteiger partial charge in [0, 0.05) is 46.9 Å². The highest BCUT2D eigenvalue weighted by atomic mass is 16.5. The summed E-state index contributed by atoms with van der Waals surface area (Å²) in [6, 6.07) is 7.28. The first-order valence-electron chi connectivity index (χ1n) is 15.1. The highest BCUT2D eigenvalue weighted by Crippen LogP contribution is 2.40. The molecule has 0 saturated carbocycles. The molecule has 0 amide bonds. The van der Waals surface area contributed by atoms with Crippen molar-refractivity contribution in [1.82, 2.24) is 9.55 Å². The fourth-order valence-corrected chi connectivity index (χ4v) is 6.30. The fraction of sp³-hybridized carbons (Fsp3) is 0.441. The number of ether oxygens (including phenoxy) is 1. The molecule has 2 aliphatic rings. The van der Waals surface area contributed by atoms with Gasteiger partial charge >= 0.3 is 5.97 Å². The lowest BCUT2D eigenvalue weighted by atomic mass is 9.77. The molecule has 2 N–H and O–H groups in total. The highest BCUT2D eigenvalue weighted by Gasteiger charge is 2.43. The van der Waals surface area contributed by atoms with Crippen molar-refractivity contribution in [3.8, 4) is 17.1 Å². The van der Waals surface area contributed by atoms with Gasteiger partial charge in [-0.25, -0.2) is 4.98 Å². The van der Waals surface area contributed by atoms with Gasteiger partial charge in [0.05, 0.1) is 23.4 Å². The molecule has 9 heteroatoms. The lowest BCUT2D eigenvalue weighted by Gasteiger charge is -2.32. The number of ketones is 2. The molecule has 0 unspecified atom stereocenters. The maximum absolute atomic E-state index is 13.5. The molecule has 9 nitrogen and oxygen atoms in total. The van der Waals surface area contributed by atoms with Crippen LogP contribution < -0.4 is 10.3 Å². The number of aliphatic hydroxyl groups is 2. The minimum absolute atomic E-state index is 0.140. The molecule has 0 spiro atoms. The van der Waals surface area contributed by atoms with Crippen molar-refractivity contribution < 1.29 is 29.3 Å². The van der Waals surface area contributed by atoms with Crippen LogP contribution in [-0.2, 0) is 39.4 Å². The maximum Gasteiger partial charge on any atom is 0.311 e. The minimum atomic E-state index is -1.67. The van der Waals surface area contributed by atoms with Crippen molar-refractivity contribution in [2.75, 3.05) is 6.61 Å². The summed E-state index contributed by atoms with van der Waals surface area (Å²) in [6.45, 7) is 5.54. The Morgan fingerprint density at radius 1 is 1.09 bits per heavy atom. The molecule has 226 valence electrons. The minimum Gasteiger partial charge on any atom is -0.426 e. The number of benzene rings is 1. The Labute approximate surface area is 250 Å². The number of pyridine rings is 2. The number of Topliss-reactive ketones (excluding diaryl/α,β-unsaturated/α-hetero) is 2. The van der Waals surface area contributed by atoms with Gasteiger partial charge in [-0.2, -0.15) is 0 Å². The van der Waals surface area contributed by atoms with E-state index in [0.29, 0.717) is 66.0 Å². The number of allylic oxidation sites excluding steroid dienone is 1. The molecule has 1 aliphatic carbocycles. The third-order valence-electron chi connectivity index (χ3n) is 8.72. The summed E-state index contributed by atoms with van der Waals surface area (Å²) in [5.74, 6) is -0.276. The van der Waals surface area contributed by atoms with Crippen LogP contribution in [0.15, 0.2) is 41.7 Å². The van der Waals surface area contributed by atoms with Crippen molar-refractivity contribution >= 4 is 28.4 Å². The average molecular weight is 587 g/mol. The molecular formula is C34H38N2O7. The molecule has 1 aliphatic heterocycles. The topological polar surface area (TPSA) is 136 Å². The van der Waals surface area contributed by atoms with Crippen molar-refractivity contribution in [3.05, 3.63) is 69.5 Å². The number of carbonyl (C=O) groups is 3. The smallest absolute Gasteiger partial charge is 0.311 e. The van der Waals surface area contributed by atoms with E-state index < -0.39 is 12.2 Å². The van der Waals surface area contributed by atoms with Gasteiger partial charge in [-0.05, 0) is 56.4 Å². The van der Waals surface area contributed by atoms with Crippen LogP contribution in [0.2, 0.25) is 0 Å². The normalized spacial score (nSPS) is 17.0. The summed E-state index contributed by atoms with van der Waals surface area (Å²) in [4.78, 5) is 55.0. The Hall–Kier alpha value is -3.95. The number of esters is 1. The first-order chi connectivity index (χ1) is 20.7. The zero-order valence-electron chi connectivity index (χ0n) is 24.6. The zero-order chi connectivity index (χ0) is 30.7. The molecule has 1 atom stereocenters. The van der Waals surface area contributed by atoms with Crippen LogP contribution >= 0.6 is 0 Å². The van der Waals surface area contributed by atoms with Gasteiger partial charge in [0.2, 0.25) is 0 Å². The molecule has 0 saturated heterocycles. The molecule has 2 aromatic heterocycles. The fourth-order valence-electron chi connectivity index (χ4n) is 6.30. The van der Waals surface area contributed by atoms with Crippen molar-refractivity contribution in [2.24, 2.45) is 0 Å². The van der Waals surface area contributed by atoms with E-state index in [1.807, 2.05) is 6.07 Å². The number of hydrogen-bond acceptors (Lipinski definition) is 8. The Balaban J connectivity index is 1.37. The number of unbranched alkanes of at least 4 members (excludes halogenated alkanes) is 4. The molecule has 0 bridgehead atoms. The summed E-state index contributed by atoms with van der Waals surface area (Å²) in [5, 5.41) is 20.8. The monoisotopic (exact) mass is 586 g/mol. The van der Waals surface area contributed by atoms with Crippen LogP contribution in [0.25, 0.3) is 22.3 Å². The average Bonchev–Trinajstić information content (AvgIpc) is 3.36. The summed E-state index contributed by atoms with van der Waals surface area (Å²) in [6.07, 6.45) is 7.57. The summed E-state index contributed by atoms with van der Waals surface area (Å²) >= 11 is 0. The number of aromatic nitrogens is 2. The van der Waals surface area contributed by atoms with Crippen molar-refractivity contribution in [3.63, 3.8) is 0 Å². The van der Waals surface area contributed by atoms with Gasteiger partial charge in [0.1, 0.15) is 18.0 Å². The number of aliphatic hydroxyl groups excluding tert-OH is 1. The van der Waals surface area contributed by atoms with Gasteiger partial charge in [-0.1, -0.05) is 32.3 Å². The van der Waals surface area contributed by atoms with Crippen molar-refractivity contribution in [1.29, 1.82) is 0 Å². The van der Waals surface area contributed by atoms with E-state index in [9.17, 15) is 24.3 Å². The van der Waals surface area contributed by atoms with Crippen LogP contribution in [0.5, 0.6) is 5.75 Å². The third-order valence-corrected chi connectivity index (χ3v) is 8.72. The second kappa shape index (κ2) is 12.7. The summed E-state index contributed by atoms with van der Waals surface area (Å²) in [5.41, 5.74) is 2.54. The van der Waals surface area contributed by atoms with Crippen LogP contribution in [0.3, 0.4) is 0 Å². The number of hydrogen-bond donors (Lipinski definition) is 2. The third kappa shape index (κ3) is 5.84. The molecule has 0 radical (unpaired) electrons. The van der Waals surface area contributed by atoms with E-state index in [-0.39, 0.29) is 42.4 Å². The van der Waals surface area contributed by atoms with Crippen LogP contribution in [0.1, 0.15) is 87.0 Å². The van der Waals surface area contributed by atoms with Gasteiger partial charge in [-0.15, -0.1) is 6.58 Å². The van der Waals surface area contributed by atoms with Gasteiger partial charge < -0.3 is 19.5 Å². The summed E-state index contributed by atoms with van der Waals surface area (Å²) in [7, 11) is 0. The lowest BCUT2D eigenvalue weighted by Crippen LogP contribution is -2.43. The van der Waals surface area contributed by atoms with Crippen molar-refractivity contribution in [2.45, 2.75) is 89.7 Å². The Bertz CT molecular complexity index is 1670. The van der Waals surface area contributed by atoms with Gasteiger partial charge in [-0.3, -0.25) is 19.2 Å². The predicted molar refractivity (Wildman–Crippen MR) is 162 cm³/mol. The number of nitrogens with zero attached hydrogens (tertiary/aromatic N) is 2. The zero-order valence-corrected chi connectivity index (χ0v) is 24.6. The van der Waals surface area contributed by atoms with Gasteiger partial charge in [0.25, 0.3) is 5.56 Å². The van der Waals surface area contributed by atoms with E-state index in [1.165, 1.54) is 0 Å². The van der Waals surface area contributed by atoms with E-state index in [4.69, 9.17) is 14.8 Å². The molecular weight excluding hydrogens is 548 g/mol. The van der Waals surface area contributed by atoms with E-state index in [1.54, 1.807) is 35.8 Å². The second-order valence-corrected chi connectivity index (χ2v) is 11.5. The van der Waals surface area contributed by atoms with Gasteiger partial charge in [0.15, 0.2) is 11.6 Å².